The number of nitrogens with zero attached hydrogens (tertiary/aromatic N) is 3. The minimum absolute atomic E-state index is 0.0267. The van der Waals surface area contributed by atoms with Gasteiger partial charge in [-0.05, 0) is 47.9 Å². The maximum absolute atomic E-state index is 13.5. The average Bonchev–Trinajstić information content (AvgIpc) is 3.26. The first kappa shape index (κ1) is 22.3. The normalized spacial score (nSPS) is 16.0. The van der Waals surface area contributed by atoms with Gasteiger partial charge in [-0.1, -0.05) is 24.3 Å². The summed E-state index contributed by atoms with van der Waals surface area (Å²) in [5.74, 6) is 1.44. The number of methoxy groups -OCH3 is 2. The third-order valence-corrected chi connectivity index (χ3v) is 7.12. The Morgan fingerprint density at radius 2 is 1.50 bits per heavy atom. The fourth-order valence-corrected chi connectivity index (χ4v) is 4.79. The van der Waals surface area contributed by atoms with Crippen molar-refractivity contribution in [2.75, 3.05) is 20.8 Å². The molecule has 1 aliphatic rings. The van der Waals surface area contributed by atoms with Crippen molar-refractivity contribution in [1.29, 1.82) is 0 Å². The lowest BCUT2D eigenvalue weighted by Crippen LogP contribution is -2.32. The molecule has 4 rings (SSSR count). The molecule has 0 saturated carbocycles. The fourth-order valence-electron chi connectivity index (χ4n) is 3.45. The van der Waals surface area contributed by atoms with E-state index >= 15 is 0 Å². The van der Waals surface area contributed by atoms with E-state index in [4.69, 9.17) is 14.2 Å². The zero-order valence-corrected chi connectivity index (χ0v) is 19.0. The number of hydrogen-bond donors (Lipinski definition) is 0. The smallest absolute Gasteiger partial charge is 0.262 e. The van der Waals surface area contributed by atoms with Gasteiger partial charge in [-0.15, -0.1) is 0 Å². The molecule has 1 aliphatic heterocycles. The molecule has 1 fully saturated rings. The van der Waals surface area contributed by atoms with Crippen LogP contribution in [0.4, 0.5) is 0 Å². The second-order valence-electron chi connectivity index (χ2n) is 7.63. The van der Waals surface area contributed by atoms with Crippen LogP contribution in [-0.2, 0) is 34.4 Å². The van der Waals surface area contributed by atoms with Crippen LogP contribution in [0.5, 0.6) is 11.5 Å². The first-order valence-corrected chi connectivity index (χ1v) is 11.8. The minimum Gasteiger partial charge on any atom is -0.497 e. The van der Waals surface area contributed by atoms with Gasteiger partial charge in [-0.3, -0.25) is 4.68 Å². The third kappa shape index (κ3) is 5.12. The second-order valence-corrected chi connectivity index (χ2v) is 9.51. The molecule has 2 aromatic carbocycles. The van der Waals surface area contributed by atoms with Crippen molar-refractivity contribution in [1.82, 2.24) is 14.1 Å². The van der Waals surface area contributed by atoms with Gasteiger partial charge in [-0.25, -0.2) is 8.42 Å². The largest absolute Gasteiger partial charge is 0.497 e. The molecule has 8 nitrogen and oxygen atoms in total. The summed E-state index contributed by atoms with van der Waals surface area (Å²) < 4.78 is 46.0. The van der Waals surface area contributed by atoms with Crippen molar-refractivity contribution in [3.05, 3.63) is 71.9 Å². The van der Waals surface area contributed by atoms with Gasteiger partial charge in [0.1, 0.15) is 11.5 Å². The van der Waals surface area contributed by atoms with Crippen LogP contribution in [0.3, 0.4) is 0 Å². The molecule has 0 N–H and O–H groups in total. The lowest BCUT2D eigenvalue weighted by molar-refractivity contribution is -0.0610. The number of aromatic nitrogens is 2. The van der Waals surface area contributed by atoms with Gasteiger partial charge in [0.05, 0.1) is 26.9 Å². The summed E-state index contributed by atoms with van der Waals surface area (Å²) in [6.45, 7) is 1.70. The SMILES string of the molecule is COc1ccc(CN(Cc2ccc(OC)cc2)S(=O)(=O)c2ccn(CC3CCO3)n2)cc1. The molecular weight excluding hydrogens is 430 g/mol. The number of benzene rings is 2. The number of ether oxygens (including phenoxy) is 3. The van der Waals surface area contributed by atoms with E-state index in [-0.39, 0.29) is 24.2 Å². The average molecular weight is 458 g/mol. The van der Waals surface area contributed by atoms with Gasteiger partial charge < -0.3 is 14.2 Å². The zero-order chi connectivity index (χ0) is 22.6. The minimum atomic E-state index is -3.83. The Morgan fingerprint density at radius 1 is 0.969 bits per heavy atom. The van der Waals surface area contributed by atoms with Gasteiger partial charge in [-0.2, -0.15) is 9.40 Å². The number of hydrogen-bond acceptors (Lipinski definition) is 6. The third-order valence-electron chi connectivity index (χ3n) is 5.44. The molecule has 0 aliphatic carbocycles. The molecule has 0 amide bonds. The molecule has 170 valence electrons. The van der Waals surface area contributed by atoms with Gasteiger partial charge in [0.25, 0.3) is 10.0 Å². The molecule has 1 aromatic heterocycles. The van der Waals surface area contributed by atoms with Gasteiger partial charge in [0.2, 0.25) is 0 Å². The van der Waals surface area contributed by atoms with E-state index in [9.17, 15) is 8.42 Å². The van der Waals surface area contributed by atoms with Crippen molar-refractivity contribution in [2.24, 2.45) is 0 Å². The summed E-state index contributed by atoms with van der Waals surface area (Å²) in [4.78, 5) is 0. The van der Waals surface area contributed by atoms with E-state index in [1.54, 1.807) is 31.2 Å². The fraction of sp³-hybridized carbons (Fsp3) is 0.348. The van der Waals surface area contributed by atoms with Crippen LogP contribution in [0.2, 0.25) is 0 Å². The highest BCUT2D eigenvalue weighted by molar-refractivity contribution is 7.89. The Kier molecular flexibility index (Phi) is 6.78. The van der Waals surface area contributed by atoms with Crippen LogP contribution in [0.25, 0.3) is 0 Å². The molecule has 2 heterocycles. The molecular formula is C23H27N3O5S. The predicted molar refractivity (Wildman–Crippen MR) is 119 cm³/mol. The molecule has 0 spiro atoms. The van der Waals surface area contributed by atoms with Gasteiger partial charge in [0.15, 0.2) is 5.03 Å². The molecule has 9 heteroatoms. The Labute approximate surface area is 188 Å². The van der Waals surface area contributed by atoms with Crippen molar-refractivity contribution < 1.29 is 22.6 Å². The van der Waals surface area contributed by atoms with Crippen LogP contribution in [0.15, 0.2) is 65.8 Å². The van der Waals surface area contributed by atoms with E-state index in [1.165, 1.54) is 4.31 Å². The Morgan fingerprint density at radius 3 is 1.94 bits per heavy atom. The highest BCUT2D eigenvalue weighted by Crippen LogP contribution is 2.23. The van der Waals surface area contributed by atoms with Crippen LogP contribution < -0.4 is 9.47 Å². The highest BCUT2D eigenvalue weighted by atomic mass is 32.2. The topological polar surface area (TPSA) is 82.9 Å². The van der Waals surface area contributed by atoms with E-state index in [0.717, 1.165) is 35.7 Å². The summed E-state index contributed by atoms with van der Waals surface area (Å²) in [5.41, 5.74) is 1.70. The van der Waals surface area contributed by atoms with Crippen molar-refractivity contribution >= 4 is 10.0 Å². The Balaban J connectivity index is 1.59. The van der Waals surface area contributed by atoms with Crippen LogP contribution in [-0.4, -0.2) is 49.4 Å². The number of sulfonamides is 1. The van der Waals surface area contributed by atoms with E-state index in [0.29, 0.717) is 6.54 Å². The van der Waals surface area contributed by atoms with E-state index in [1.807, 2.05) is 48.5 Å². The van der Waals surface area contributed by atoms with E-state index < -0.39 is 10.0 Å². The standard InChI is InChI=1S/C23H27N3O5S/c1-29-20-7-3-18(4-8-20)15-26(16-19-5-9-21(30-2)10-6-19)32(27,28)23-11-13-25(24-23)17-22-12-14-31-22/h3-11,13,22H,12,14-17H2,1-2H3. The molecule has 1 saturated heterocycles. The lowest BCUT2D eigenvalue weighted by atomic mass is 10.2. The summed E-state index contributed by atoms with van der Waals surface area (Å²) >= 11 is 0. The highest BCUT2D eigenvalue weighted by Gasteiger charge is 2.28. The second kappa shape index (κ2) is 9.72. The maximum atomic E-state index is 13.5. The van der Waals surface area contributed by atoms with E-state index in [2.05, 4.69) is 5.10 Å². The Bertz CT molecular complexity index is 1070. The molecule has 1 atom stereocenters. The molecule has 0 radical (unpaired) electrons. The van der Waals surface area contributed by atoms with Crippen molar-refractivity contribution in [3.8, 4) is 11.5 Å². The summed E-state index contributed by atoms with van der Waals surface area (Å²) in [6.07, 6.45) is 2.75. The summed E-state index contributed by atoms with van der Waals surface area (Å²) in [6, 6.07) is 16.3. The zero-order valence-electron chi connectivity index (χ0n) is 18.2. The predicted octanol–water partition coefficient (Wildman–Crippen LogP) is 3.08. The molecule has 1 unspecified atom stereocenters. The van der Waals surface area contributed by atoms with Crippen molar-refractivity contribution in [3.63, 3.8) is 0 Å². The first-order chi connectivity index (χ1) is 15.5. The first-order valence-electron chi connectivity index (χ1n) is 10.4. The quantitative estimate of drug-likeness (QED) is 0.465. The van der Waals surface area contributed by atoms with Gasteiger partial charge in [0, 0.05) is 25.9 Å². The lowest BCUT2D eigenvalue weighted by Gasteiger charge is -2.26. The van der Waals surface area contributed by atoms with Gasteiger partial charge >= 0.3 is 0 Å². The van der Waals surface area contributed by atoms with Crippen molar-refractivity contribution in [2.45, 2.75) is 37.2 Å². The van der Waals surface area contributed by atoms with Crippen LogP contribution in [0, 0.1) is 0 Å². The molecule has 3 aromatic rings. The van der Waals surface area contributed by atoms with Crippen LogP contribution in [0.1, 0.15) is 17.5 Å². The maximum Gasteiger partial charge on any atom is 0.262 e. The van der Waals surface area contributed by atoms with Crippen LogP contribution >= 0.6 is 0 Å². The summed E-state index contributed by atoms with van der Waals surface area (Å²) in [7, 11) is -0.639. The summed E-state index contributed by atoms with van der Waals surface area (Å²) in [5, 5.41) is 4.36. The Hall–Kier alpha value is -2.88. The molecule has 0 bridgehead atoms. The molecule has 32 heavy (non-hydrogen) atoms. The monoisotopic (exact) mass is 457 g/mol. The number of rotatable bonds is 10.